The maximum absolute atomic E-state index is 6.37. The van der Waals surface area contributed by atoms with Crippen molar-refractivity contribution in [2.24, 2.45) is 0 Å². The van der Waals surface area contributed by atoms with Gasteiger partial charge in [0.1, 0.15) is 11.9 Å². The highest BCUT2D eigenvalue weighted by Gasteiger charge is 2.35. The highest BCUT2D eigenvalue weighted by molar-refractivity contribution is 7.19. The molecular weight excluding hydrogens is 422 g/mol. The van der Waals surface area contributed by atoms with Gasteiger partial charge in [-0.2, -0.15) is 0 Å². The van der Waals surface area contributed by atoms with Crippen molar-refractivity contribution in [3.05, 3.63) is 23.5 Å². The van der Waals surface area contributed by atoms with Crippen LogP contribution in [0.5, 0.6) is 0 Å². The van der Waals surface area contributed by atoms with Crippen molar-refractivity contribution in [3.63, 3.8) is 0 Å². The van der Waals surface area contributed by atoms with Gasteiger partial charge in [0.05, 0.1) is 23.0 Å². The molecule has 0 spiro atoms. The number of methoxy groups -OCH3 is 1. The average Bonchev–Trinajstić information content (AvgIpc) is 3.18. The number of alkyl halides is 1. The molecule has 30 heavy (non-hydrogen) atoms. The van der Waals surface area contributed by atoms with Gasteiger partial charge in [0.15, 0.2) is 0 Å². The van der Waals surface area contributed by atoms with Gasteiger partial charge in [-0.15, -0.1) is 11.3 Å². The Kier molecular flexibility index (Phi) is 7.91. The lowest BCUT2D eigenvalue weighted by Crippen LogP contribution is -2.52. The van der Waals surface area contributed by atoms with Crippen LogP contribution in [0, 0.1) is 0 Å². The zero-order valence-corrected chi connectivity index (χ0v) is 19.4. The third kappa shape index (κ3) is 5.30. The molecule has 0 bridgehead atoms. The Labute approximate surface area is 187 Å². The molecule has 0 aliphatic carbocycles. The molecule has 0 amide bonds. The van der Waals surface area contributed by atoms with E-state index in [1.807, 2.05) is 6.20 Å². The van der Waals surface area contributed by atoms with Crippen molar-refractivity contribution in [1.29, 1.82) is 0 Å². The molecule has 0 N–H and O–H groups in total. The average molecular weight is 454 g/mol. The number of rotatable bonds is 8. The zero-order valence-electron chi connectivity index (χ0n) is 17.9. The summed E-state index contributed by atoms with van der Waals surface area (Å²) < 4.78 is 12.0. The largest absolute Gasteiger partial charge is 0.385 e. The Hall–Kier alpha value is -0.870. The van der Waals surface area contributed by atoms with Crippen LogP contribution in [0.25, 0.3) is 10.2 Å². The first-order valence-corrected chi connectivity index (χ1v) is 12.0. The van der Waals surface area contributed by atoms with E-state index in [9.17, 15) is 0 Å². The fourth-order valence-corrected chi connectivity index (χ4v) is 6.01. The second-order valence-corrected chi connectivity index (χ2v) is 9.77. The zero-order chi connectivity index (χ0) is 20.9. The molecule has 4 rings (SSSR count). The van der Waals surface area contributed by atoms with E-state index < -0.39 is 0 Å². The lowest BCUT2D eigenvalue weighted by Gasteiger charge is -2.45. The van der Waals surface area contributed by atoms with Gasteiger partial charge in [0.2, 0.25) is 0 Å². The number of hydrogen-bond donors (Lipinski definition) is 0. The van der Waals surface area contributed by atoms with Gasteiger partial charge in [-0.1, -0.05) is 11.6 Å². The molecule has 2 atom stereocenters. The number of nitrogens with zero attached hydrogens (tertiary/aromatic N) is 5. The van der Waals surface area contributed by atoms with Crippen LogP contribution in [0.15, 0.2) is 18.6 Å². The number of fused-ring (bicyclic) bond motifs is 1. The molecule has 2 aliphatic rings. The Morgan fingerprint density at radius 3 is 2.90 bits per heavy atom. The first-order chi connectivity index (χ1) is 14.7. The SMILES string of the molecule is COCCCN(C)C1CCN(C(c2cc3ncncc3s2)N2CCOC(Cl)C2)CC1. The van der Waals surface area contributed by atoms with E-state index >= 15 is 0 Å². The number of hydrogen-bond acceptors (Lipinski definition) is 8. The predicted molar refractivity (Wildman–Crippen MR) is 121 cm³/mol. The van der Waals surface area contributed by atoms with Crippen LogP contribution in [0.1, 0.15) is 30.3 Å². The molecule has 2 aliphatic heterocycles. The lowest BCUT2D eigenvalue weighted by molar-refractivity contribution is -0.0575. The van der Waals surface area contributed by atoms with Gasteiger partial charge in [0, 0.05) is 63.6 Å². The van der Waals surface area contributed by atoms with E-state index in [-0.39, 0.29) is 11.7 Å². The van der Waals surface area contributed by atoms with Crippen LogP contribution < -0.4 is 0 Å². The number of morpholine rings is 1. The molecule has 2 aromatic rings. The van der Waals surface area contributed by atoms with Crippen LogP contribution in [0.3, 0.4) is 0 Å². The van der Waals surface area contributed by atoms with E-state index in [2.05, 4.69) is 37.8 Å². The van der Waals surface area contributed by atoms with Crippen molar-refractivity contribution >= 4 is 33.2 Å². The highest BCUT2D eigenvalue weighted by atomic mass is 35.5. The summed E-state index contributed by atoms with van der Waals surface area (Å²) in [5, 5.41) is 0. The van der Waals surface area contributed by atoms with Crippen LogP contribution in [-0.4, -0.2) is 96.4 Å². The molecule has 2 fully saturated rings. The molecule has 9 heteroatoms. The second kappa shape index (κ2) is 10.6. The predicted octanol–water partition coefficient (Wildman–Crippen LogP) is 3.02. The van der Waals surface area contributed by atoms with Crippen LogP contribution in [0.4, 0.5) is 0 Å². The molecule has 2 unspecified atom stereocenters. The molecule has 0 saturated carbocycles. The van der Waals surface area contributed by atoms with E-state index in [4.69, 9.17) is 21.1 Å². The molecule has 0 radical (unpaired) electrons. The molecule has 166 valence electrons. The Balaban J connectivity index is 1.48. The fraction of sp³-hybridized carbons (Fsp3) is 0.714. The summed E-state index contributed by atoms with van der Waals surface area (Å²) >= 11 is 8.17. The van der Waals surface area contributed by atoms with E-state index in [0.717, 1.165) is 56.0 Å². The molecule has 4 heterocycles. The highest BCUT2D eigenvalue weighted by Crippen LogP contribution is 2.36. The third-order valence-corrected chi connectivity index (χ3v) is 7.56. The minimum absolute atomic E-state index is 0.217. The van der Waals surface area contributed by atoms with Gasteiger partial charge in [-0.25, -0.2) is 9.97 Å². The molecule has 2 saturated heterocycles. The first-order valence-electron chi connectivity index (χ1n) is 10.8. The van der Waals surface area contributed by atoms with Gasteiger partial charge in [-0.3, -0.25) is 9.80 Å². The molecule has 0 aromatic carbocycles. The summed E-state index contributed by atoms with van der Waals surface area (Å²) in [6.45, 7) is 6.38. The number of thiophene rings is 1. The van der Waals surface area contributed by atoms with Gasteiger partial charge in [0.25, 0.3) is 0 Å². The van der Waals surface area contributed by atoms with E-state index in [0.29, 0.717) is 12.6 Å². The summed E-state index contributed by atoms with van der Waals surface area (Å²) in [5.74, 6) is 0. The van der Waals surface area contributed by atoms with Crippen molar-refractivity contribution in [3.8, 4) is 0 Å². The summed E-state index contributed by atoms with van der Waals surface area (Å²) in [6, 6.07) is 2.87. The molecule has 2 aromatic heterocycles. The maximum Gasteiger partial charge on any atom is 0.143 e. The van der Waals surface area contributed by atoms with Crippen molar-refractivity contribution in [2.45, 2.75) is 37.0 Å². The molecule has 7 nitrogen and oxygen atoms in total. The third-order valence-electron chi connectivity index (χ3n) is 6.20. The maximum atomic E-state index is 6.37. The minimum Gasteiger partial charge on any atom is -0.385 e. The summed E-state index contributed by atoms with van der Waals surface area (Å²) in [4.78, 5) is 17.6. The summed E-state index contributed by atoms with van der Waals surface area (Å²) in [7, 11) is 4.02. The number of piperidine rings is 1. The second-order valence-electron chi connectivity index (χ2n) is 8.16. The summed E-state index contributed by atoms with van der Waals surface area (Å²) in [6.07, 6.45) is 7.21. The monoisotopic (exact) mass is 453 g/mol. The fourth-order valence-electron chi connectivity index (χ4n) is 4.58. The van der Waals surface area contributed by atoms with Crippen LogP contribution in [0.2, 0.25) is 0 Å². The smallest absolute Gasteiger partial charge is 0.143 e. The normalized spacial score (nSPS) is 23.4. The van der Waals surface area contributed by atoms with Gasteiger partial charge < -0.3 is 14.4 Å². The van der Waals surface area contributed by atoms with Crippen LogP contribution in [-0.2, 0) is 9.47 Å². The lowest BCUT2D eigenvalue weighted by atomic mass is 10.0. The standard InChI is InChI=1S/C21H32ClN5O2S/c1-25(6-3-10-28-2)16-4-7-26(8-5-16)21(27-9-11-29-20(22)14-27)18-12-17-19(30-18)13-23-15-24-17/h12-13,15-16,20-21H,3-11,14H2,1-2H3. The Bertz CT molecular complexity index is 768. The molecular formula is C21H32ClN5O2S. The summed E-state index contributed by atoms with van der Waals surface area (Å²) in [5.41, 5.74) is 0.776. The number of aromatic nitrogens is 2. The topological polar surface area (TPSA) is 54.0 Å². The van der Waals surface area contributed by atoms with Gasteiger partial charge in [-0.05, 0) is 32.4 Å². The van der Waals surface area contributed by atoms with Crippen LogP contribution >= 0.6 is 22.9 Å². The van der Waals surface area contributed by atoms with Gasteiger partial charge >= 0.3 is 0 Å². The van der Waals surface area contributed by atoms with E-state index in [1.54, 1.807) is 24.8 Å². The van der Waals surface area contributed by atoms with Crippen molar-refractivity contribution in [2.75, 3.05) is 60.1 Å². The van der Waals surface area contributed by atoms with Crippen molar-refractivity contribution < 1.29 is 9.47 Å². The van der Waals surface area contributed by atoms with Crippen molar-refractivity contribution in [1.82, 2.24) is 24.7 Å². The number of halogens is 1. The van der Waals surface area contributed by atoms with E-state index in [1.165, 1.54) is 17.7 Å². The Morgan fingerprint density at radius 2 is 2.17 bits per heavy atom. The number of ether oxygens (including phenoxy) is 2. The first kappa shape index (κ1) is 22.3. The quantitative estimate of drug-likeness (QED) is 0.449. The Morgan fingerprint density at radius 1 is 1.33 bits per heavy atom. The number of likely N-dealkylation sites (tertiary alicyclic amines) is 1. The minimum atomic E-state index is -0.250.